The van der Waals surface area contributed by atoms with Crippen molar-refractivity contribution >= 4 is 21.6 Å². The van der Waals surface area contributed by atoms with Crippen molar-refractivity contribution in [1.29, 1.82) is 0 Å². The second-order valence-corrected chi connectivity index (χ2v) is 4.99. The molecule has 3 N–H and O–H groups in total. The fourth-order valence-electron chi connectivity index (χ4n) is 1.48. The second-order valence-electron chi connectivity index (χ2n) is 4.14. The summed E-state index contributed by atoms with van der Waals surface area (Å²) in [4.78, 5) is 2.04. The molecule has 0 spiro atoms. The van der Waals surface area contributed by atoms with Gasteiger partial charge in [0.25, 0.3) is 0 Å². The predicted octanol–water partition coefficient (Wildman–Crippen LogP) is 2.29. The van der Waals surface area contributed by atoms with Gasteiger partial charge in [-0.15, -0.1) is 0 Å². The van der Waals surface area contributed by atoms with Crippen molar-refractivity contribution in [2.75, 3.05) is 18.6 Å². The molecule has 0 heterocycles. The molecular weight excluding hydrogens is 268 g/mol. The van der Waals surface area contributed by atoms with E-state index in [-0.39, 0.29) is 18.7 Å². The molecule has 1 rings (SSSR count). The Morgan fingerprint density at radius 1 is 1.44 bits per heavy atom. The van der Waals surface area contributed by atoms with Crippen LogP contribution in [-0.4, -0.2) is 24.8 Å². The van der Waals surface area contributed by atoms with Gasteiger partial charge in [-0.2, -0.15) is 0 Å². The number of likely N-dealkylation sites (N-methyl/N-ethyl adjacent to an activating group) is 1. The average Bonchev–Trinajstić information content (AvgIpc) is 2.26. The topological polar surface area (TPSA) is 49.5 Å². The maximum atomic E-state index is 9.11. The summed E-state index contributed by atoms with van der Waals surface area (Å²) in [5, 5.41) is 9.11. The van der Waals surface area contributed by atoms with Crippen LogP contribution in [0.15, 0.2) is 22.7 Å². The Bertz CT molecular complexity index is 355. The summed E-state index contributed by atoms with van der Waals surface area (Å²) < 4.78 is 1.01. The van der Waals surface area contributed by atoms with E-state index in [4.69, 9.17) is 10.8 Å². The highest BCUT2D eigenvalue weighted by Crippen LogP contribution is 2.27. The van der Waals surface area contributed by atoms with E-state index in [1.807, 2.05) is 44.0 Å². The fourth-order valence-corrected chi connectivity index (χ4v) is 2.21. The summed E-state index contributed by atoms with van der Waals surface area (Å²) in [5.41, 5.74) is 8.00. The molecule has 0 radical (unpaired) electrons. The third kappa shape index (κ3) is 2.97. The van der Waals surface area contributed by atoms with Gasteiger partial charge in [-0.1, -0.05) is 22.0 Å². The van der Waals surface area contributed by atoms with Crippen molar-refractivity contribution in [3.63, 3.8) is 0 Å². The fraction of sp³-hybridized carbons (Fsp3) is 0.500. The summed E-state index contributed by atoms with van der Waals surface area (Å²) in [6.07, 6.45) is 0. The Kier molecular flexibility index (Phi) is 4.77. The van der Waals surface area contributed by atoms with E-state index in [1.165, 1.54) is 0 Å². The van der Waals surface area contributed by atoms with E-state index in [0.717, 1.165) is 15.7 Å². The van der Waals surface area contributed by atoms with Gasteiger partial charge in [0.1, 0.15) is 0 Å². The Morgan fingerprint density at radius 3 is 2.50 bits per heavy atom. The molecule has 1 aromatic rings. The minimum Gasteiger partial charge on any atom is -0.394 e. The molecule has 16 heavy (non-hydrogen) atoms. The summed E-state index contributed by atoms with van der Waals surface area (Å²) >= 11 is 3.52. The number of benzene rings is 1. The highest BCUT2D eigenvalue weighted by Gasteiger charge is 2.11. The van der Waals surface area contributed by atoms with Gasteiger partial charge in [0.05, 0.1) is 6.61 Å². The molecule has 0 amide bonds. The number of aliphatic hydroxyl groups excluding tert-OH is 1. The molecule has 3 nitrogen and oxygen atoms in total. The molecule has 0 bridgehead atoms. The Balaban J connectivity index is 2.97. The number of rotatable bonds is 4. The highest BCUT2D eigenvalue weighted by atomic mass is 79.9. The van der Waals surface area contributed by atoms with Crippen molar-refractivity contribution in [3.05, 3.63) is 28.2 Å². The average molecular weight is 287 g/mol. The molecule has 1 unspecified atom stereocenters. The number of hydrogen-bond donors (Lipinski definition) is 2. The summed E-state index contributed by atoms with van der Waals surface area (Å²) in [5.74, 6) is 0. The Morgan fingerprint density at radius 2 is 2.06 bits per heavy atom. The standard InChI is InChI=1S/C12H19BrN2O/c1-8(7-16)15(3)10-4-5-11(9(2)14)12(13)6-10/h4-6,8-9,16H,7,14H2,1-3H3/t8?,9-/m1/s1. The molecule has 0 aromatic heterocycles. The van der Waals surface area contributed by atoms with Gasteiger partial charge in [-0.05, 0) is 31.5 Å². The lowest BCUT2D eigenvalue weighted by molar-refractivity contribution is 0.270. The minimum absolute atomic E-state index is 0.0176. The maximum Gasteiger partial charge on any atom is 0.0632 e. The zero-order chi connectivity index (χ0) is 12.3. The van der Waals surface area contributed by atoms with Crippen LogP contribution in [-0.2, 0) is 0 Å². The van der Waals surface area contributed by atoms with E-state index in [1.54, 1.807) is 0 Å². The van der Waals surface area contributed by atoms with Crippen molar-refractivity contribution in [2.45, 2.75) is 25.9 Å². The van der Waals surface area contributed by atoms with Crippen LogP contribution in [0.2, 0.25) is 0 Å². The molecule has 1 aromatic carbocycles. The SMILES string of the molecule is CC(CO)N(C)c1ccc([C@@H](C)N)c(Br)c1. The summed E-state index contributed by atoms with van der Waals surface area (Å²) in [6.45, 7) is 4.08. The first-order chi connectivity index (χ1) is 7.47. The van der Waals surface area contributed by atoms with Gasteiger partial charge in [0.2, 0.25) is 0 Å². The first kappa shape index (κ1) is 13.5. The highest BCUT2D eigenvalue weighted by molar-refractivity contribution is 9.10. The van der Waals surface area contributed by atoms with Crippen LogP contribution < -0.4 is 10.6 Å². The smallest absolute Gasteiger partial charge is 0.0632 e. The number of nitrogens with two attached hydrogens (primary N) is 1. The van der Waals surface area contributed by atoms with Gasteiger partial charge in [0.15, 0.2) is 0 Å². The van der Waals surface area contributed by atoms with Crippen LogP contribution in [0.3, 0.4) is 0 Å². The van der Waals surface area contributed by atoms with Crippen LogP contribution in [0.4, 0.5) is 5.69 Å². The second kappa shape index (κ2) is 5.66. The van der Waals surface area contributed by atoms with Gasteiger partial charge < -0.3 is 15.7 Å². The predicted molar refractivity (Wildman–Crippen MR) is 71.7 cm³/mol. The Labute approximate surface area is 105 Å². The van der Waals surface area contributed by atoms with Gasteiger partial charge in [0, 0.05) is 29.3 Å². The number of aliphatic hydroxyl groups is 1. The zero-order valence-electron chi connectivity index (χ0n) is 9.94. The monoisotopic (exact) mass is 286 g/mol. The largest absolute Gasteiger partial charge is 0.394 e. The van der Waals surface area contributed by atoms with Crippen LogP contribution in [0.5, 0.6) is 0 Å². The molecule has 2 atom stereocenters. The van der Waals surface area contributed by atoms with E-state index < -0.39 is 0 Å². The van der Waals surface area contributed by atoms with E-state index in [9.17, 15) is 0 Å². The number of nitrogens with zero attached hydrogens (tertiary/aromatic N) is 1. The molecule has 0 aliphatic carbocycles. The third-order valence-corrected chi connectivity index (χ3v) is 3.49. The van der Waals surface area contributed by atoms with Crippen LogP contribution >= 0.6 is 15.9 Å². The summed E-state index contributed by atoms with van der Waals surface area (Å²) in [6, 6.07) is 6.20. The van der Waals surface area contributed by atoms with Gasteiger partial charge in [-0.3, -0.25) is 0 Å². The third-order valence-electron chi connectivity index (χ3n) is 2.81. The number of hydrogen-bond acceptors (Lipinski definition) is 3. The van der Waals surface area contributed by atoms with Crippen molar-refractivity contribution in [1.82, 2.24) is 0 Å². The minimum atomic E-state index is 0.0176. The van der Waals surface area contributed by atoms with Crippen LogP contribution in [0, 0.1) is 0 Å². The first-order valence-corrected chi connectivity index (χ1v) is 6.15. The lowest BCUT2D eigenvalue weighted by Crippen LogP contribution is -2.31. The molecule has 0 saturated carbocycles. The zero-order valence-corrected chi connectivity index (χ0v) is 11.5. The maximum absolute atomic E-state index is 9.11. The molecule has 0 fully saturated rings. The van der Waals surface area contributed by atoms with E-state index in [2.05, 4.69) is 15.9 Å². The number of anilines is 1. The van der Waals surface area contributed by atoms with Gasteiger partial charge >= 0.3 is 0 Å². The first-order valence-electron chi connectivity index (χ1n) is 5.36. The molecule has 0 aliphatic rings. The van der Waals surface area contributed by atoms with Crippen molar-refractivity contribution in [2.24, 2.45) is 5.73 Å². The van der Waals surface area contributed by atoms with Crippen LogP contribution in [0.1, 0.15) is 25.5 Å². The molecular formula is C12H19BrN2O. The molecule has 90 valence electrons. The quantitative estimate of drug-likeness (QED) is 0.893. The van der Waals surface area contributed by atoms with Crippen molar-refractivity contribution < 1.29 is 5.11 Å². The normalized spacial score (nSPS) is 14.6. The summed E-state index contributed by atoms with van der Waals surface area (Å²) in [7, 11) is 1.97. The van der Waals surface area contributed by atoms with E-state index >= 15 is 0 Å². The lowest BCUT2D eigenvalue weighted by atomic mass is 10.1. The lowest BCUT2D eigenvalue weighted by Gasteiger charge is -2.26. The molecule has 4 heteroatoms. The van der Waals surface area contributed by atoms with Crippen molar-refractivity contribution in [3.8, 4) is 0 Å². The van der Waals surface area contributed by atoms with Gasteiger partial charge in [-0.25, -0.2) is 0 Å². The number of halogens is 1. The molecule has 0 saturated heterocycles. The molecule has 0 aliphatic heterocycles. The van der Waals surface area contributed by atoms with Crippen LogP contribution in [0.25, 0.3) is 0 Å². The Hall–Kier alpha value is -0.580. The van der Waals surface area contributed by atoms with E-state index in [0.29, 0.717) is 0 Å².